The highest BCUT2D eigenvalue weighted by Crippen LogP contribution is 2.30. The van der Waals surface area contributed by atoms with Gasteiger partial charge in [0, 0.05) is 0 Å². The van der Waals surface area contributed by atoms with Crippen molar-refractivity contribution in [2.45, 2.75) is 18.3 Å². The van der Waals surface area contributed by atoms with Crippen molar-refractivity contribution in [2.75, 3.05) is 0 Å². The molecule has 0 aliphatic rings. The lowest BCUT2D eigenvalue weighted by molar-refractivity contribution is -0.138. The quantitative estimate of drug-likeness (QED) is 0.678. The van der Waals surface area contributed by atoms with Gasteiger partial charge in [-0.15, -0.1) is 0 Å². The summed E-state index contributed by atoms with van der Waals surface area (Å²) in [4.78, 5) is 10.9. The van der Waals surface area contributed by atoms with E-state index in [4.69, 9.17) is 5.11 Å². The average molecular weight is 348 g/mol. The largest absolute Gasteiger partial charge is 0.534 e. The van der Waals surface area contributed by atoms with Gasteiger partial charge < -0.3 is 9.29 Å². The maximum Gasteiger partial charge on any atom is 0.534 e. The monoisotopic (exact) mass is 348 g/mol. The smallest absolute Gasteiger partial charge is 0.481 e. The molecule has 0 spiro atoms. The van der Waals surface area contributed by atoms with Gasteiger partial charge in [-0.1, -0.05) is 24.3 Å². The van der Waals surface area contributed by atoms with Crippen molar-refractivity contribution in [1.82, 2.24) is 0 Å². The van der Waals surface area contributed by atoms with Gasteiger partial charge in [-0.05, 0) is 35.4 Å². The summed E-state index contributed by atoms with van der Waals surface area (Å²) < 4.78 is 62.8. The number of fused-ring (bicyclic) bond motifs is 1. The first-order valence-electron chi connectivity index (χ1n) is 6.28. The van der Waals surface area contributed by atoms with Crippen LogP contribution in [0.15, 0.2) is 36.4 Å². The molecule has 0 aliphatic carbocycles. The minimum absolute atomic E-state index is 0.418. The second-order valence-electron chi connectivity index (χ2n) is 4.81. The molecule has 2 aromatic rings. The van der Waals surface area contributed by atoms with Crippen molar-refractivity contribution in [3.05, 3.63) is 42.0 Å². The van der Waals surface area contributed by atoms with E-state index in [2.05, 4.69) is 4.18 Å². The zero-order chi connectivity index (χ0) is 17.4. The SMILES string of the molecule is CC(C(=O)O)c1ccc2cc(OS(=O)(=O)C(F)(F)F)ccc2c1. The van der Waals surface area contributed by atoms with E-state index < -0.39 is 33.3 Å². The second kappa shape index (κ2) is 5.73. The van der Waals surface area contributed by atoms with Gasteiger partial charge in [-0.25, -0.2) is 0 Å². The molecule has 0 bridgehead atoms. The number of hydrogen-bond donors (Lipinski definition) is 1. The molecule has 0 radical (unpaired) electrons. The Morgan fingerprint density at radius 2 is 1.70 bits per heavy atom. The summed E-state index contributed by atoms with van der Waals surface area (Å²) in [5, 5.41) is 9.93. The summed E-state index contributed by atoms with van der Waals surface area (Å²) >= 11 is 0. The third-order valence-electron chi connectivity index (χ3n) is 3.20. The number of carboxylic acid groups (broad SMARTS) is 1. The van der Waals surface area contributed by atoms with E-state index in [1.807, 2.05) is 0 Å². The Hall–Kier alpha value is -2.29. The fraction of sp³-hybridized carbons (Fsp3) is 0.214. The second-order valence-corrected chi connectivity index (χ2v) is 6.35. The Labute approximate surface area is 129 Å². The van der Waals surface area contributed by atoms with Crippen LogP contribution in [0.3, 0.4) is 0 Å². The molecule has 0 saturated heterocycles. The zero-order valence-electron chi connectivity index (χ0n) is 11.7. The van der Waals surface area contributed by atoms with E-state index in [1.54, 1.807) is 6.07 Å². The highest BCUT2D eigenvalue weighted by Gasteiger charge is 2.48. The molecule has 0 aliphatic heterocycles. The Kier molecular flexibility index (Phi) is 4.25. The molecule has 1 unspecified atom stereocenters. The van der Waals surface area contributed by atoms with Gasteiger partial charge in [-0.2, -0.15) is 21.6 Å². The number of benzene rings is 2. The molecule has 0 saturated carbocycles. The van der Waals surface area contributed by atoms with E-state index in [-0.39, 0.29) is 0 Å². The zero-order valence-corrected chi connectivity index (χ0v) is 12.5. The molecule has 0 fully saturated rings. The van der Waals surface area contributed by atoms with Gasteiger partial charge in [0.1, 0.15) is 5.75 Å². The molecule has 23 heavy (non-hydrogen) atoms. The van der Waals surface area contributed by atoms with Gasteiger partial charge in [0.25, 0.3) is 0 Å². The Morgan fingerprint density at radius 1 is 1.13 bits per heavy atom. The third-order valence-corrected chi connectivity index (χ3v) is 4.17. The maximum atomic E-state index is 12.3. The Balaban J connectivity index is 2.38. The summed E-state index contributed by atoms with van der Waals surface area (Å²) in [6, 6.07) is 8.11. The third kappa shape index (κ3) is 3.55. The van der Waals surface area contributed by atoms with Gasteiger partial charge >= 0.3 is 21.6 Å². The summed E-state index contributed by atoms with van der Waals surface area (Å²) in [5.74, 6) is -2.24. The standard InChI is InChI=1S/C14H11F3O5S/c1-8(13(18)19)9-2-3-11-7-12(5-4-10(11)6-9)22-23(20,21)14(15,16)17/h2-8H,1H3,(H,18,19). The normalized spacial score (nSPS) is 13.7. The van der Waals surface area contributed by atoms with Crippen LogP contribution >= 0.6 is 0 Å². The highest BCUT2D eigenvalue weighted by molar-refractivity contribution is 7.88. The van der Waals surface area contributed by atoms with Crippen LogP contribution < -0.4 is 4.18 Å². The predicted octanol–water partition coefficient (Wildman–Crippen LogP) is 3.26. The van der Waals surface area contributed by atoms with Crippen LogP contribution in [0.5, 0.6) is 5.75 Å². The topological polar surface area (TPSA) is 80.7 Å². The molecule has 9 heteroatoms. The Bertz CT molecular complexity index is 858. The molecule has 5 nitrogen and oxygen atoms in total. The fourth-order valence-corrected chi connectivity index (χ4v) is 2.33. The molecular weight excluding hydrogens is 337 g/mol. The van der Waals surface area contributed by atoms with E-state index in [9.17, 15) is 26.4 Å². The summed E-state index contributed by atoms with van der Waals surface area (Å²) in [5.41, 5.74) is -5.00. The molecule has 2 aromatic carbocycles. The highest BCUT2D eigenvalue weighted by atomic mass is 32.2. The lowest BCUT2D eigenvalue weighted by Crippen LogP contribution is -2.28. The Morgan fingerprint density at radius 3 is 2.26 bits per heavy atom. The van der Waals surface area contributed by atoms with Crippen molar-refractivity contribution in [3.8, 4) is 5.75 Å². The summed E-state index contributed by atoms with van der Waals surface area (Å²) in [6.07, 6.45) is 0. The maximum absolute atomic E-state index is 12.3. The number of alkyl halides is 3. The van der Waals surface area contributed by atoms with Gasteiger partial charge in [-0.3, -0.25) is 4.79 Å². The first kappa shape index (κ1) is 17.1. The lowest BCUT2D eigenvalue weighted by Gasteiger charge is -2.11. The van der Waals surface area contributed by atoms with E-state index in [0.717, 1.165) is 12.1 Å². The molecule has 2 rings (SSSR count). The summed E-state index contributed by atoms with van der Waals surface area (Å²) in [7, 11) is -5.73. The number of halogens is 3. The van der Waals surface area contributed by atoms with Gasteiger partial charge in [0.15, 0.2) is 0 Å². The van der Waals surface area contributed by atoms with Gasteiger partial charge in [0.2, 0.25) is 0 Å². The molecule has 124 valence electrons. The molecule has 0 heterocycles. The molecule has 1 atom stereocenters. The molecule has 1 N–H and O–H groups in total. The van der Waals surface area contributed by atoms with E-state index >= 15 is 0 Å². The van der Waals surface area contributed by atoms with Crippen molar-refractivity contribution in [3.63, 3.8) is 0 Å². The van der Waals surface area contributed by atoms with E-state index in [0.29, 0.717) is 16.3 Å². The number of carboxylic acids is 1. The molecule has 0 amide bonds. The van der Waals surface area contributed by atoms with Crippen LogP contribution in [0.4, 0.5) is 13.2 Å². The minimum Gasteiger partial charge on any atom is -0.481 e. The minimum atomic E-state index is -5.73. The fourth-order valence-electron chi connectivity index (χ4n) is 1.88. The summed E-state index contributed by atoms with van der Waals surface area (Å²) in [6.45, 7) is 1.50. The van der Waals surface area contributed by atoms with Crippen molar-refractivity contribution >= 4 is 26.9 Å². The number of rotatable bonds is 4. The van der Waals surface area contributed by atoms with Crippen LogP contribution in [0.25, 0.3) is 10.8 Å². The lowest BCUT2D eigenvalue weighted by atomic mass is 9.98. The van der Waals surface area contributed by atoms with Crippen LogP contribution in [0.1, 0.15) is 18.4 Å². The van der Waals surface area contributed by atoms with Crippen LogP contribution in [0.2, 0.25) is 0 Å². The number of aliphatic carboxylic acids is 1. The average Bonchev–Trinajstić information content (AvgIpc) is 2.44. The van der Waals surface area contributed by atoms with Crippen LogP contribution in [-0.2, 0) is 14.9 Å². The van der Waals surface area contributed by atoms with Crippen molar-refractivity contribution in [2.24, 2.45) is 0 Å². The molecular formula is C14H11F3O5S. The predicted molar refractivity (Wildman–Crippen MR) is 75.6 cm³/mol. The number of hydrogen-bond acceptors (Lipinski definition) is 4. The van der Waals surface area contributed by atoms with Crippen molar-refractivity contribution < 1.29 is 35.7 Å². The van der Waals surface area contributed by atoms with Crippen molar-refractivity contribution in [1.29, 1.82) is 0 Å². The number of carbonyl (C=O) groups is 1. The first-order valence-corrected chi connectivity index (χ1v) is 7.69. The van der Waals surface area contributed by atoms with Gasteiger partial charge in [0.05, 0.1) is 5.92 Å². The molecule has 0 aromatic heterocycles. The van der Waals surface area contributed by atoms with Crippen LogP contribution in [-0.4, -0.2) is 25.0 Å². The van der Waals surface area contributed by atoms with E-state index in [1.165, 1.54) is 25.1 Å². The first-order chi connectivity index (χ1) is 10.5. The van der Waals surface area contributed by atoms with Crippen LogP contribution in [0, 0.1) is 0 Å².